The Kier molecular flexibility index (Phi) is 7.25. The second-order valence-corrected chi connectivity index (χ2v) is 7.09. The van der Waals surface area contributed by atoms with E-state index in [0.717, 1.165) is 31.3 Å². The van der Waals surface area contributed by atoms with E-state index in [0.29, 0.717) is 38.6 Å². The minimum Gasteiger partial charge on any atom is -0.381 e. The molecule has 1 amide bonds. The SMILES string of the molecule is I.NC(=O)C1(CN=C(N)N2CCN(c3nccs3)CC2)CCOCC1. The van der Waals surface area contributed by atoms with Crippen LogP contribution < -0.4 is 16.4 Å². The van der Waals surface area contributed by atoms with E-state index in [4.69, 9.17) is 16.2 Å². The number of thiazole rings is 1. The van der Waals surface area contributed by atoms with E-state index in [1.54, 1.807) is 11.3 Å². The number of halogens is 1. The minimum atomic E-state index is -0.619. The predicted octanol–water partition coefficient (Wildman–Crippen LogP) is 0.480. The smallest absolute Gasteiger partial charge is 0.225 e. The summed E-state index contributed by atoms with van der Waals surface area (Å²) in [6, 6.07) is 0. The van der Waals surface area contributed by atoms with Gasteiger partial charge >= 0.3 is 0 Å². The molecule has 2 aliphatic heterocycles. The Labute approximate surface area is 168 Å². The van der Waals surface area contributed by atoms with Crippen molar-refractivity contribution in [2.45, 2.75) is 12.8 Å². The lowest BCUT2D eigenvalue weighted by molar-refractivity contribution is -0.132. The Morgan fingerprint density at radius 3 is 2.52 bits per heavy atom. The number of rotatable bonds is 4. The van der Waals surface area contributed by atoms with Crippen molar-refractivity contribution in [2.75, 3.05) is 50.8 Å². The Bertz CT molecular complexity index is 583. The average Bonchev–Trinajstić information content (AvgIpc) is 3.15. The first-order chi connectivity index (χ1) is 11.6. The number of anilines is 1. The molecule has 2 aliphatic rings. The largest absolute Gasteiger partial charge is 0.381 e. The van der Waals surface area contributed by atoms with E-state index < -0.39 is 5.41 Å². The minimum absolute atomic E-state index is 0. The number of ether oxygens (including phenoxy) is 1. The Morgan fingerprint density at radius 1 is 1.28 bits per heavy atom. The summed E-state index contributed by atoms with van der Waals surface area (Å²) in [5.74, 6) is 0.178. The quantitative estimate of drug-likeness (QED) is 0.369. The van der Waals surface area contributed by atoms with Crippen molar-refractivity contribution in [3.05, 3.63) is 11.6 Å². The molecule has 4 N–H and O–H groups in total. The number of hydrogen-bond donors (Lipinski definition) is 2. The van der Waals surface area contributed by atoms with Gasteiger partial charge in [-0.2, -0.15) is 0 Å². The molecule has 0 spiro atoms. The molecule has 0 atom stereocenters. The lowest BCUT2D eigenvalue weighted by Gasteiger charge is -2.36. The molecule has 0 radical (unpaired) electrons. The van der Waals surface area contributed by atoms with E-state index >= 15 is 0 Å². The van der Waals surface area contributed by atoms with Crippen LogP contribution in [0.2, 0.25) is 0 Å². The van der Waals surface area contributed by atoms with Gasteiger partial charge in [0.2, 0.25) is 5.91 Å². The first kappa shape index (κ1) is 20.2. The normalized spacial score (nSPS) is 20.9. The molecule has 0 saturated carbocycles. The third-order valence-corrected chi connectivity index (χ3v) is 5.64. The third kappa shape index (κ3) is 4.73. The van der Waals surface area contributed by atoms with Crippen LogP contribution in [0.5, 0.6) is 0 Å². The molecule has 25 heavy (non-hydrogen) atoms. The van der Waals surface area contributed by atoms with E-state index in [9.17, 15) is 4.79 Å². The summed E-state index contributed by atoms with van der Waals surface area (Å²) in [6.07, 6.45) is 3.03. The van der Waals surface area contributed by atoms with Gasteiger partial charge in [-0.1, -0.05) is 0 Å². The maximum Gasteiger partial charge on any atom is 0.225 e. The zero-order valence-corrected chi connectivity index (χ0v) is 17.2. The topological polar surface area (TPSA) is 110 Å². The molecule has 3 rings (SSSR count). The standard InChI is InChI=1S/C15H24N6O2S.HI/c16-12(22)15(1-8-23-9-2-15)11-19-13(17)20-4-6-21(7-5-20)14-18-3-10-24-14;/h3,10H,1-2,4-9,11H2,(H2,16,22)(H2,17,19);1H. The number of hydrogen-bond acceptors (Lipinski definition) is 6. The lowest BCUT2D eigenvalue weighted by Crippen LogP contribution is -2.52. The van der Waals surface area contributed by atoms with Crippen LogP contribution in [0.1, 0.15) is 12.8 Å². The summed E-state index contributed by atoms with van der Waals surface area (Å²) < 4.78 is 5.34. The fourth-order valence-electron chi connectivity index (χ4n) is 3.08. The van der Waals surface area contributed by atoms with Gasteiger partial charge in [0.25, 0.3) is 0 Å². The molecule has 8 nitrogen and oxygen atoms in total. The van der Waals surface area contributed by atoms with Crippen molar-refractivity contribution < 1.29 is 9.53 Å². The lowest BCUT2D eigenvalue weighted by atomic mass is 9.79. The summed E-state index contributed by atoms with van der Waals surface area (Å²) in [5, 5.41) is 3.02. The van der Waals surface area contributed by atoms with Crippen molar-refractivity contribution in [3.8, 4) is 0 Å². The highest BCUT2D eigenvalue weighted by atomic mass is 127. The molecule has 0 aromatic carbocycles. The fraction of sp³-hybridized carbons (Fsp3) is 0.667. The van der Waals surface area contributed by atoms with E-state index in [2.05, 4.69) is 19.8 Å². The molecular weight excluding hydrogens is 455 g/mol. The van der Waals surface area contributed by atoms with Crippen LogP contribution in [0.4, 0.5) is 5.13 Å². The molecule has 2 saturated heterocycles. The highest BCUT2D eigenvalue weighted by Crippen LogP contribution is 2.30. The van der Waals surface area contributed by atoms with Crippen molar-refractivity contribution in [1.82, 2.24) is 9.88 Å². The third-order valence-electron chi connectivity index (χ3n) is 4.81. The second-order valence-electron chi connectivity index (χ2n) is 6.22. The van der Waals surface area contributed by atoms with Crippen molar-refractivity contribution in [1.29, 1.82) is 0 Å². The zero-order valence-electron chi connectivity index (χ0n) is 14.1. The van der Waals surface area contributed by atoms with Gasteiger partial charge in [-0.05, 0) is 12.8 Å². The fourth-order valence-corrected chi connectivity index (χ4v) is 3.77. The van der Waals surface area contributed by atoms with Crippen LogP contribution in [0, 0.1) is 5.41 Å². The Balaban J connectivity index is 0.00000225. The van der Waals surface area contributed by atoms with Crippen molar-refractivity contribution in [3.63, 3.8) is 0 Å². The molecule has 0 unspecified atom stereocenters. The Hall–Kier alpha value is -1.14. The summed E-state index contributed by atoms with van der Waals surface area (Å²) in [7, 11) is 0. The number of guanidine groups is 1. The van der Waals surface area contributed by atoms with Gasteiger partial charge in [-0.25, -0.2) is 4.98 Å². The van der Waals surface area contributed by atoms with Crippen LogP contribution in [0.15, 0.2) is 16.6 Å². The maximum atomic E-state index is 11.9. The number of nitrogens with two attached hydrogens (primary N) is 2. The van der Waals surface area contributed by atoms with Gasteiger partial charge < -0.3 is 26.0 Å². The number of aliphatic imine (C=N–C) groups is 1. The summed E-state index contributed by atoms with van der Waals surface area (Å²) in [5.41, 5.74) is 11.1. The van der Waals surface area contributed by atoms with Crippen LogP contribution in [0.3, 0.4) is 0 Å². The summed E-state index contributed by atoms with van der Waals surface area (Å²) in [6.45, 7) is 4.74. The molecule has 2 fully saturated rings. The van der Waals surface area contributed by atoms with E-state index in [1.165, 1.54) is 0 Å². The summed E-state index contributed by atoms with van der Waals surface area (Å²) >= 11 is 1.64. The zero-order chi connectivity index (χ0) is 17.0. The van der Waals surface area contributed by atoms with Crippen LogP contribution in [-0.4, -0.2) is 67.7 Å². The number of amides is 1. The number of carbonyl (C=O) groups excluding carboxylic acids is 1. The van der Waals surface area contributed by atoms with Gasteiger partial charge in [0.05, 0.1) is 12.0 Å². The van der Waals surface area contributed by atoms with E-state index in [1.807, 2.05) is 11.6 Å². The summed E-state index contributed by atoms with van der Waals surface area (Å²) in [4.78, 5) is 25.0. The van der Waals surface area contributed by atoms with E-state index in [-0.39, 0.29) is 29.9 Å². The van der Waals surface area contributed by atoms with Gasteiger partial charge in [0, 0.05) is 51.0 Å². The first-order valence-corrected chi connectivity index (χ1v) is 9.06. The molecule has 1 aromatic rings. The predicted molar refractivity (Wildman–Crippen MR) is 109 cm³/mol. The molecule has 140 valence electrons. The molecule has 10 heteroatoms. The molecule has 3 heterocycles. The van der Waals surface area contributed by atoms with Crippen LogP contribution in [-0.2, 0) is 9.53 Å². The highest BCUT2D eigenvalue weighted by Gasteiger charge is 2.38. The number of carbonyl (C=O) groups is 1. The molecule has 1 aromatic heterocycles. The van der Waals surface area contributed by atoms with Crippen molar-refractivity contribution >= 4 is 52.3 Å². The van der Waals surface area contributed by atoms with Crippen LogP contribution in [0.25, 0.3) is 0 Å². The number of nitrogens with zero attached hydrogens (tertiary/aromatic N) is 4. The highest BCUT2D eigenvalue weighted by molar-refractivity contribution is 14.0. The average molecular weight is 480 g/mol. The van der Waals surface area contributed by atoms with Gasteiger partial charge in [-0.15, -0.1) is 35.3 Å². The first-order valence-electron chi connectivity index (χ1n) is 8.18. The molecular formula is C15H25IN6O2S. The molecule has 0 bridgehead atoms. The Morgan fingerprint density at radius 2 is 1.96 bits per heavy atom. The molecule has 0 aliphatic carbocycles. The number of piperazine rings is 1. The number of primary amides is 1. The number of aromatic nitrogens is 1. The second kappa shape index (κ2) is 8.99. The monoisotopic (exact) mass is 480 g/mol. The maximum absolute atomic E-state index is 11.9. The van der Waals surface area contributed by atoms with Gasteiger partial charge in [0.1, 0.15) is 0 Å². The van der Waals surface area contributed by atoms with Crippen LogP contribution >= 0.6 is 35.3 Å². The van der Waals surface area contributed by atoms with Crippen molar-refractivity contribution in [2.24, 2.45) is 21.9 Å². The van der Waals surface area contributed by atoms with Gasteiger partial charge in [-0.3, -0.25) is 9.79 Å². The van der Waals surface area contributed by atoms with Gasteiger partial charge in [0.15, 0.2) is 11.1 Å².